The highest BCUT2D eigenvalue weighted by atomic mass is 31.2. The Kier molecular flexibility index (Phi) is 8.71. The minimum Gasteiger partial charge on any atom is -0.461 e. The first-order chi connectivity index (χ1) is 19.7. The molecule has 16 heteroatoms. The lowest BCUT2D eigenvalue weighted by Crippen LogP contribution is -2.37. The number of halogens is 1. The van der Waals surface area contributed by atoms with Crippen LogP contribution in [0.1, 0.15) is 38.8 Å². The quantitative estimate of drug-likeness (QED) is 0.187. The molecule has 3 heterocycles. The van der Waals surface area contributed by atoms with E-state index in [4.69, 9.17) is 24.3 Å². The number of nitrogens with one attached hydrogen (secondary N) is 2. The average molecular weight is 595 g/mol. The van der Waals surface area contributed by atoms with Gasteiger partial charge in [0.1, 0.15) is 24.0 Å². The van der Waals surface area contributed by atoms with Crippen molar-refractivity contribution in [2.24, 2.45) is 5.92 Å². The van der Waals surface area contributed by atoms with Crippen molar-refractivity contribution in [2.75, 3.05) is 19.0 Å². The minimum absolute atomic E-state index is 0.0313. The number of H-pyrrole nitrogens is 1. The molecule has 2 aliphatic rings. The van der Waals surface area contributed by atoms with Crippen LogP contribution >= 0.6 is 7.75 Å². The number of nitrogens with zero attached hydrogens (tertiary/aromatic N) is 3. The summed E-state index contributed by atoms with van der Waals surface area (Å²) in [6.45, 7) is -0.00920. The Labute approximate surface area is 233 Å². The topological polar surface area (TPSA) is 193 Å². The second kappa shape index (κ2) is 12.2. The number of fused-ring (bicyclic) bond motifs is 1. The van der Waals surface area contributed by atoms with Gasteiger partial charge in [0.15, 0.2) is 17.4 Å². The third kappa shape index (κ3) is 6.44. The van der Waals surface area contributed by atoms with Crippen molar-refractivity contribution in [1.82, 2.24) is 24.6 Å². The van der Waals surface area contributed by atoms with Gasteiger partial charge >= 0.3 is 13.7 Å². The highest BCUT2D eigenvalue weighted by Gasteiger charge is 2.47. The van der Waals surface area contributed by atoms with Gasteiger partial charge in [-0.05, 0) is 44.7 Å². The number of hydrogen-bond acceptors (Lipinski definition) is 11. The monoisotopic (exact) mass is 594 g/mol. The molecule has 1 aliphatic heterocycles. The molecule has 5 N–H and O–H groups in total. The molecular formula is C25H32FN6O8P. The van der Waals surface area contributed by atoms with Crippen molar-refractivity contribution in [3.8, 4) is 5.75 Å². The molecule has 41 heavy (non-hydrogen) atoms. The molecule has 0 unspecified atom stereocenters. The highest BCUT2D eigenvalue weighted by molar-refractivity contribution is 7.52. The standard InChI is InChI=1S/C25H32FN6O8P/c1-14(24(35)38-15-7-5-6-8-15)31-41(36,40-16-9-3-2-4-10-16)37-12-18-17(11-26)20(33)23(39-18)32-13-28-19-21(32)29-25(27)30-22(19)34/h2-4,9-10,13-15,17-18,20,23,33H,5-8,11-12H2,1H3,(H,31,36)(H3,27,29,30,34)/t14-,17+,18+,20+,23+,41-/m0/s1. The van der Waals surface area contributed by atoms with Gasteiger partial charge in [-0.3, -0.25) is 28.1 Å². The van der Waals surface area contributed by atoms with Crippen LogP contribution in [-0.2, 0) is 23.4 Å². The van der Waals surface area contributed by atoms with E-state index in [1.165, 1.54) is 17.8 Å². The van der Waals surface area contributed by atoms with Gasteiger partial charge in [0.05, 0.1) is 25.7 Å². The number of aliphatic hydroxyl groups excluding tert-OH is 1. The summed E-state index contributed by atoms with van der Waals surface area (Å²) >= 11 is 0. The van der Waals surface area contributed by atoms with Crippen LogP contribution in [-0.4, -0.2) is 68.2 Å². The second-order valence-electron chi connectivity index (χ2n) is 10.0. The fourth-order valence-electron chi connectivity index (χ4n) is 4.95. The summed E-state index contributed by atoms with van der Waals surface area (Å²) < 4.78 is 52.1. The predicted octanol–water partition coefficient (Wildman–Crippen LogP) is 2.21. The summed E-state index contributed by atoms with van der Waals surface area (Å²) in [5.74, 6) is -1.69. The SMILES string of the molecule is C[C@H](N[P@](=O)(OC[C@H]1O[C@@H](n2cnc3c(=O)[nH]c(N)nc32)[C@H](O)[C@@H]1CF)Oc1ccccc1)C(=O)OC1CCCC1. The van der Waals surface area contributed by atoms with Crippen molar-refractivity contribution >= 4 is 30.8 Å². The lowest BCUT2D eigenvalue weighted by molar-refractivity contribution is -0.150. The van der Waals surface area contributed by atoms with E-state index in [1.807, 2.05) is 0 Å². The Bertz CT molecular complexity index is 1470. The van der Waals surface area contributed by atoms with Gasteiger partial charge in [-0.1, -0.05) is 18.2 Å². The molecule has 0 amide bonds. The molecular weight excluding hydrogens is 562 g/mol. The van der Waals surface area contributed by atoms with Crippen LogP contribution in [0.25, 0.3) is 11.2 Å². The Morgan fingerprint density at radius 1 is 1.34 bits per heavy atom. The molecule has 14 nitrogen and oxygen atoms in total. The maximum atomic E-state index is 14.1. The second-order valence-corrected chi connectivity index (χ2v) is 11.7. The van der Waals surface area contributed by atoms with Gasteiger partial charge in [-0.15, -0.1) is 0 Å². The maximum Gasteiger partial charge on any atom is 0.459 e. The van der Waals surface area contributed by atoms with Crippen LogP contribution in [0.5, 0.6) is 5.75 Å². The van der Waals surface area contributed by atoms with Crippen LogP contribution in [0.15, 0.2) is 41.5 Å². The summed E-state index contributed by atoms with van der Waals surface area (Å²) in [5.41, 5.74) is 5.05. The van der Waals surface area contributed by atoms with E-state index in [0.29, 0.717) is 0 Å². The number of alkyl halides is 1. The number of ether oxygens (including phenoxy) is 2. The molecule has 3 aromatic rings. The third-order valence-corrected chi connectivity index (χ3v) is 8.74. The number of esters is 1. The molecule has 1 aliphatic carbocycles. The number of aliphatic hydroxyl groups is 1. The molecule has 1 aromatic carbocycles. The van der Waals surface area contributed by atoms with E-state index in [2.05, 4.69) is 20.0 Å². The number of carbonyl (C=O) groups is 1. The number of carbonyl (C=O) groups excluding carboxylic acids is 1. The van der Waals surface area contributed by atoms with Gasteiger partial charge in [0.2, 0.25) is 5.95 Å². The van der Waals surface area contributed by atoms with Crippen molar-refractivity contribution < 1.29 is 37.4 Å². The van der Waals surface area contributed by atoms with Crippen LogP contribution in [0, 0.1) is 5.92 Å². The number of rotatable bonds is 11. The third-order valence-electron chi connectivity index (χ3n) is 7.09. The molecule has 0 radical (unpaired) electrons. The number of aromatic nitrogens is 4. The zero-order chi connectivity index (χ0) is 29.1. The zero-order valence-electron chi connectivity index (χ0n) is 22.2. The molecule has 222 valence electrons. The molecule has 1 saturated heterocycles. The number of aromatic amines is 1. The first-order valence-electron chi connectivity index (χ1n) is 13.3. The Hall–Kier alpha value is -3.36. The van der Waals surface area contributed by atoms with Crippen LogP contribution < -0.4 is 20.9 Å². The first-order valence-corrected chi connectivity index (χ1v) is 14.8. The smallest absolute Gasteiger partial charge is 0.459 e. The number of nitrogens with two attached hydrogens (primary N) is 1. The average Bonchev–Trinajstić information content (AvgIpc) is 3.67. The number of nitrogen functional groups attached to an aromatic ring is 1. The van der Waals surface area contributed by atoms with Crippen LogP contribution in [0.2, 0.25) is 0 Å². The number of benzene rings is 1. The summed E-state index contributed by atoms with van der Waals surface area (Å²) in [7, 11) is -4.27. The highest BCUT2D eigenvalue weighted by Crippen LogP contribution is 2.46. The molecule has 1 saturated carbocycles. The summed E-state index contributed by atoms with van der Waals surface area (Å²) in [4.78, 5) is 35.2. The van der Waals surface area contributed by atoms with E-state index in [9.17, 15) is 23.7 Å². The van der Waals surface area contributed by atoms with E-state index >= 15 is 0 Å². The number of anilines is 1. The molecule has 2 fully saturated rings. The van der Waals surface area contributed by atoms with E-state index in [-0.39, 0.29) is 29.0 Å². The number of para-hydroxylation sites is 1. The Balaban J connectivity index is 1.33. The van der Waals surface area contributed by atoms with Gasteiger partial charge in [0.25, 0.3) is 5.56 Å². The fraction of sp³-hybridized carbons (Fsp3) is 0.520. The lowest BCUT2D eigenvalue weighted by Gasteiger charge is -2.25. The molecule has 0 spiro atoms. The molecule has 5 rings (SSSR count). The maximum absolute atomic E-state index is 14.1. The van der Waals surface area contributed by atoms with Crippen LogP contribution in [0.3, 0.4) is 0 Å². The van der Waals surface area contributed by atoms with Crippen LogP contribution in [0.4, 0.5) is 10.3 Å². The van der Waals surface area contributed by atoms with Crippen molar-refractivity contribution in [1.29, 1.82) is 0 Å². The fourth-order valence-corrected chi connectivity index (χ4v) is 6.45. The molecule has 0 bridgehead atoms. The zero-order valence-corrected chi connectivity index (χ0v) is 23.1. The van der Waals surface area contributed by atoms with Gasteiger partial charge < -0.3 is 24.8 Å². The van der Waals surface area contributed by atoms with Crippen molar-refractivity contribution in [3.05, 3.63) is 47.0 Å². The van der Waals surface area contributed by atoms with E-state index in [0.717, 1.165) is 25.7 Å². The summed E-state index contributed by atoms with van der Waals surface area (Å²) in [5, 5.41) is 13.5. The van der Waals surface area contributed by atoms with Crippen molar-refractivity contribution in [3.63, 3.8) is 0 Å². The van der Waals surface area contributed by atoms with Gasteiger partial charge in [-0.2, -0.15) is 10.1 Å². The number of imidazole rings is 1. The Morgan fingerprint density at radius 3 is 2.78 bits per heavy atom. The lowest BCUT2D eigenvalue weighted by atomic mass is 10.0. The van der Waals surface area contributed by atoms with Crippen molar-refractivity contribution in [2.45, 2.75) is 63.2 Å². The normalized spacial score (nSPS) is 25.2. The molecule has 6 atom stereocenters. The van der Waals surface area contributed by atoms with Gasteiger partial charge in [-0.25, -0.2) is 9.55 Å². The summed E-state index contributed by atoms with van der Waals surface area (Å²) in [6, 6.07) is 7.12. The number of hydrogen-bond donors (Lipinski definition) is 4. The summed E-state index contributed by atoms with van der Waals surface area (Å²) in [6.07, 6.45) is 0.785. The molecule has 2 aromatic heterocycles. The van der Waals surface area contributed by atoms with E-state index in [1.54, 1.807) is 30.3 Å². The van der Waals surface area contributed by atoms with E-state index < -0.39 is 63.0 Å². The first kappa shape index (κ1) is 29.1. The largest absolute Gasteiger partial charge is 0.461 e. The Morgan fingerprint density at radius 2 is 2.07 bits per heavy atom. The predicted molar refractivity (Wildman–Crippen MR) is 144 cm³/mol. The van der Waals surface area contributed by atoms with Gasteiger partial charge in [0, 0.05) is 5.92 Å². The minimum atomic E-state index is -4.27.